The zero-order valence-electron chi connectivity index (χ0n) is 17.9. The highest BCUT2D eigenvalue weighted by Crippen LogP contribution is 2.18. The lowest BCUT2D eigenvalue weighted by Gasteiger charge is -2.10. The normalized spacial score (nSPS) is 10.7. The van der Waals surface area contributed by atoms with Crippen molar-refractivity contribution in [3.05, 3.63) is 95.1 Å². The number of anilines is 2. The number of nitrogens with zero attached hydrogens (tertiary/aromatic N) is 1. The fourth-order valence-corrected chi connectivity index (χ4v) is 2.90. The van der Waals surface area contributed by atoms with Gasteiger partial charge < -0.3 is 15.4 Å². The van der Waals surface area contributed by atoms with E-state index in [0.717, 1.165) is 16.8 Å². The molecule has 0 bridgehead atoms. The summed E-state index contributed by atoms with van der Waals surface area (Å²) < 4.78 is 5.55. The van der Waals surface area contributed by atoms with Gasteiger partial charge in [-0.25, -0.2) is 0 Å². The minimum atomic E-state index is -0.484. The molecule has 3 rings (SSSR count). The van der Waals surface area contributed by atoms with Crippen LogP contribution < -0.4 is 15.4 Å². The number of amides is 2. The van der Waals surface area contributed by atoms with Crippen molar-refractivity contribution in [1.82, 2.24) is 0 Å². The second-order valence-corrected chi connectivity index (χ2v) is 7.21. The lowest BCUT2D eigenvalue weighted by atomic mass is 10.1. The number of hydrogen-bond donors (Lipinski definition) is 2. The fourth-order valence-electron chi connectivity index (χ4n) is 2.90. The summed E-state index contributed by atoms with van der Waals surface area (Å²) in [6.45, 7) is 3.76. The molecule has 2 amide bonds. The van der Waals surface area contributed by atoms with Crippen molar-refractivity contribution < 1.29 is 14.3 Å². The van der Waals surface area contributed by atoms with Gasteiger partial charge in [0.15, 0.2) is 6.61 Å². The Kier molecular flexibility index (Phi) is 7.39. The van der Waals surface area contributed by atoms with Crippen LogP contribution in [0, 0.1) is 25.2 Å². The summed E-state index contributed by atoms with van der Waals surface area (Å²) in [6, 6.07) is 23.5. The highest BCUT2D eigenvalue weighted by molar-refractivity contribution is 6.09. The molecule has 160 valence electrons. The summed E-state index contributed by atoms with van der Waals surface area (Å²) >= 11 is 0. The third-order valence-electron chi connectivity index (χ3n) is 4.62. The van der Waals surface area contributed by atoms with Gasteiger partial charge >= 0.3 is 0 Å². The summed E-state index contributed by atoms with van der Waals surface area (Å²) in [5.41, 5.74) is 4.06. The van der Waals surface area contributed by atoms with Crippen molar-refractivity contribution in [2.75, 3.05) is 17.2 Å². The molecule has 0 saturated carbocycles. The number of nitrogens with one attached hydrogen (secondary N) is 2. The smallest absolute Gasteiger partial charge is 0.266 e. The molecule has 0 spiro atoms. The van der Waals surface area contributed by atoms with Gasteiger partial charge in [0, 0.05) is 11.4 Å². The van der Waals surface area contributed by atoms with Crippen LogP contribution in [0.5, 0.6) is 5.75 Å². The topological polar surface area (TPSA) is 91.2 Å². The Morgan fingerprint density at radius 2 is 1.69 bits per heavy atom. The number of carbonyl (C=O) groups is 2. The van der Waals surface area contributed by atoms with Crippen LogP contribution in [0.2, 0.25) is 0 Å². The second kappa shape index (κ2) is 10.6. The molecule has 6 heteroatoms. The molecule has 0 fully saturated rings. The van der Waals surface area contributed by atoms with Crippen LogP contribution in [-0.4, -0.2) is 18.4 Å². The monoisotopic (exact) mass is 425 g/mol. The SMILES string of the molecule is Cc1ccc(C)c(NC(=O)COc2ccc(/C=C(\C#N)C(=O)Nc3ccccc3)cc2)c1. The molecule has 0 unspecified atom stereocenters. The predicted octanol–water partition coefficient (Wildman–Crippen LogP) is 4.87. The minimum absolute atomic E-state index is 0.0181. The average Bonchev–Trinajstić information content (AvgIpc) is 2.80. The Balaban J connectivity index is 1.58. The number of aryl methyl sites for hydroxylation is 2. The zero-order chi connectivity index (χ0) is 22.9. The van der Waals surface area contributed by atoms with E-state index in [9.17, 15) is 14.9 Å². The quantitative estimate of drug-likeness (QED) is 0.417. The Hall–Kier alpha value is -4.37. The van der Waals surface area contributed by atoms with Crippen LogP contribution in [-0.2, 0) is 9.59 Å². The van der Waals surface area contributed by atoms with Gasteiger partial charge in [0.2, 0.25) is 0 Å². The molecular weight excluding hydrogens is 402 g/mol. The van der Waals surface area contributed by atoms with Crippen LogP contribution in [0.15, 0.2) is 78.4 Å². The van der Waals surface area contributed by atoms with Gasteiger partial charge in [-0.2, -0.15) is 5.26 Å². The number of para-hydroxylation sites is 1. The van der Waals surface area contributed by atoms with Gasteiger partial charge in [0.1, 0.15) is 17.4 Å². The minimum Gasteiger partial charge on any atom is -0.484 e. The summed E-state index contributed by atoms with van der Waals surface area (Å²) in [4.78, 5) is 24.5. The van der Waals surface area contributed by atoms with Crippen molar-refractivity contribution in [3.63, 3.8) is 0 Å². The standard InChI is InChI=1S/C26H23N3O3/c1-18-8-9-19(2)24(14-18)29-25(30)17-32-23-12-10-20(11-13-23)15-21(16-27)26(31)28-22-6-4-3-5-7-22/h3-15H,17H2,1-2H3,(H,28,31)(H,29,30)/b21-15+. The first kappa shape index (κ1) is 22.3. The van der Waals surface area contributed by atoms with Crippen molar-refractivity contribution in [2.45, 2.75) is 13.8 Å². The molecular formula is C26H23N3O3. The molecule has 0 radical (unpaired) electrons. The van der Waals surface area contributed by atoms with Crippen molar-refractivity contribution in [1.29, 1.82) is 5.26 Å². The maximum atomic E-state index is 12.3. The first-order chi connectivity index (χ1) is 15.4. The maximum absolute atomic E-state index is 12.3. The van der Waals surface area contributed by atoms with Crippen LogP contribution >= 0.6 is 0 Å². The number of carbonyl (C=O) groups excluding carboxylic acids is 2. The lowest BCUT2D eigenvalue weighted by molar-refractivity contribution is -0.118. The molecule has 0 saturated heterocycles. The Morgan fingerprint density at radius 3 is 2.38 bits per heavy atom. The molecule has 0 heterocycles. The predicted molar refractivity (Wildman–Crippen MR) is 125 cm³/mol. The number of hydrogen-bond acceptors (Lipinski definition) is 4. The van der Waals surface area contributed by atoms with Crippen molar-refractivity contribution >= 4 is 29.3 Å². The van der Waals surface area contributed by atoms with E-state index < -0.39 is 5.91 Å². The zero-order valence-corrected chi connectivity index (χ0v) is 17.9. The molecule has 3 aromatic carbocycles. The van der Waals surface area contributed by atoms with Crippen LogP contribution in [0.1, 0.15) is 16.7 Å². The van der Waals surface area contributed by atoms with E-state index in [1.165, 1.54) is 6.08 Å². The molecule has 0 aromatic heterocycles. The number of benzene rings is 3. The third kappa shape index (κ3) is 6.31. The third-order valence-corrected chi connectivity index (χ3v) is 4.62. The molecule has 0 aliphatic carbocycles. The average molecular weight is 425 g/mol. The van der Waals surface area contributed by atoms with E-state index in [0.29, 0.717) is 17.0 Å². The number of rotatable bonds is 7. The van der Waals surface area contributed by atoms with E-state index >= 15 is 0 Å². The van der Waals surface area contributed by atoms with Gasteiger partial charge in [-0.15, -0.1) is 0 Å². The Labute approximate surface area is 187 Å². The van der Waals surface area contributed by atoms with E-state index in [4.69, 9.17) is 4.74 Å². The molecule has 6 nitrogen and oxygen atoms in total. The van der Waals surface area contributed by atoms with Gasteiger partial charge in [0.25, 0.3) is 11.8 Å². The van der Waals surface area contributed by atoms with E-state index in [2.05, 4.69) is 10.6 Å². The highest BCUT2D eigenvalue weighted by Gasteiger charge is 2.10. The first-order valence-corrected chi connectivity index (χ1v) is 10.0. The van der Waals surface area contributed by atoms with Crippen LogP contribution in [0.4, 0.5) is 11.4 Å². The number of nitriles is 1. The number of ether oxygens (including phenoxy) is 1. The summed E-state index contributed by atoms with van der Waals surface area (Å²) in [5, 5.41) is 14.9. The Bertz CT molecular complexity index is 1180. The molecule has 3 aromatic rings. The summed E-state index contributed by atoms with van der Waals surface area (Å²) in [5.74, 6) is -0.236. The first-order valence-electron chi connectivity index (χ1n) is 10.0. The lowest BCUT2D eigenvalue weighted by Crippen LogP contribution is -2.20. The van der Waals surface area contributed by atoms with Crippen molar-refractivity contribution in [2.24, 2.45) is 0 Å². The van der Waals surface area contributed by atoms with E-state index in [-0.39, 0.29) is 18.1 Å². The fraction of sp³-hybridized carbons (Fsp3) is 0.115. The second-order valence-electron chi connectivity index (χ2n) is 7.21. The van der Waals surface area contributed by atoms with Crippen molar-refractivity contribution in [3.8, 4) is 11.8 Å². The van der Waals surface area contributed by atoms with Crippen LogP contribution in [0.25, 0.3) is 6.08 Å². The molecule has 2 N–H and O–H groups in total. The van der Waals surface area contributed by atoms with Gasteiger partial charge in [0.05, 0.1) is 0 Å². The maximum Gasteiger partial charge on any atom is 0.266 e. The van der Waals surface area contributed by atoms with Gasteiger partial charge in [-0.3, -0.25) is 9.59 Å². The highest BCUT2D eigenvalue weighted by atomic mass is 16.5. The van der Waals surface area contributed by atoms with E-state index in [1.54, 1.807) is 48.5 Å². The van der Waals surface area contributed by atoms with Gasteiger partial charge in [-0.1, -0.05) is 42.5 Å². The Morgan fingerprint density at radius 1 is 0.969 bits per heavy atom. The molecule has 0 aliphatic heterocycles. The van der Waals surface area contributed by atoms with Crippen LogP contribution in [0.3, 0.4) is 0 Å². The molecule has 0 aliphatic rings. The summed E-state index contributed by atoms with van der Waals surface area (Å²) in [7, 11) is 0. The summed E-state index contributed by atoms with van der Waals surface area (Å²) in [6.07, 6.45) is 1.50. The molecule has 32 heavy (non-hydrogen) atoms. The van der Waals surface area contributed by atoms with E-state index in [1.807, 2.05) is 44.2 Å². The largest absolute Gasteiger partial charge is 0.484 e. The molecule has 0 atom stereocenters. The van der Waals surface area contributed by atoms with Gasteiger partial charge in [-0.05, 0) is 66.9 Å².